The molecule has 0 bridgehead atoms. The number of aromatic nitrogens is 1. The molecule has 1 amide bonds. The number of hydrogen-bond acceptors (Lipinski definition) is 5. The number of carbonyl (C=O) groups is 2. The zero-order chi connectivity index (χ0) is 22.0. The summed E-state index contributed by atoms with van der Waals surface area (Å²) >= 11 is 0. The Bertz CT molecular complexity index is 1120. The number of rotatable bonds is 6. The molecule has 30 heavy (non-hydrogen) atoms. The predicted molar refractivity (Wildman–Crippen MR) is 117 cm³/mol. The second kappa shape index (κ2) is 8.59. The molecule has 0 fully saturated rings. The molecule has 158 valence electrons. The highest BCUT2D eigenvalue weighted by atomic mass is 16.5. The van der Waals surface area contributed by atoms with Crippen molar-refractivity contribution in [1.82, 2.24) is 9.47 Å². The number of benzene rings is 2. The summed E-state index contributed by atoms with van der Waals surface area (Å²) < 4.78 is 7.29. The van der Waals surface area contributed by atoms with Gasteiger partial charge in [0, 0.05) is 41.5 Å². The summed E-state index contributed by atoms with van der Waals surface area (Å²) in [6.07, 6.45) is 0. The number of hydrogen-bond donors (Lipinski definition) is 2. The van der Waals surface area contributed by atoms with Crippen LogP contribution in [-0.2, 0) is 16.1 Å². The number of anilines is 1. The van der Waals surface area contributed by atoms with Gasteiger partial charge in [-0.1, -0.05) is 6.07 Å². The van der Waals surface area contributed by atoms with Crippen molar-refractivity contribution in [2.45, 2.75) is 27.3 Å². The molecular formula is C23H27N3O4. The fourth-order valence-electron chi connectivity index (χ4n) is 3.75. The summed E-state index contributed by atoms with van der Waals surface area (Å²) in [5.41, 5.74) is 4.04. The molecule has 7 heteroatoms. The van der Waals surface area contributed by atoms with E-state index in [1.165, 1.54) is 6.92 Å². The van der Waals surface area contributed by atoms with Crippen molar-refractivity contribution in [3.05, 3.63) is 53.2 Å². The van der Waals surface area contributed by atoms with Crippen LogP contribution in [0.15, 0.2) is 36.4 Å². The summed E-state index contributed by atoms with van der Waals surface area (Å²) in [4.78, 5) is 26.3. The van der Waals surface area contributed by atoms with Crippen LogP contribution >= 0.6 is 0 Å². The number of amides is 1. The Balaban J connectivity index is 2.35. The third-order valence-electron chi connectivity index (χ3n) is 4.83. The smallest absolute Gasteiger partial charge is 0.340 e. The fourth-order valence-corrected chi connectivity index (χ4v) is 3.75. The first-order valence-electron chi connectivity index (χ1n) is 9.80. The number of esters is 1. The van der Waals surface area contributed by atoms with Gasteiger partial charge in [0.25, 0.3) is 0 Å². The number of phenols is 1. The van der Waals surface area contributed by atoms with Crippen molar-refractivity contribution in [3.63, 3.8) is 0 Å². The van der Waals surface area contributed by atoms with Crippen molar-refractivity contribution in [2.24, 2.45) is 0 Å². The Morgan fingerprint density at radius 2 is 1.93 bits per heavy atom. The third-order valence-corrected chi connectivity index (χ3v) is 4.83. The lowest BCUT2D eigenvalue weighted by atomic mass is 10.0. The molecule has 2 N–H and O–H groups in total. The van der Waals surface area contributed by atoms with Crippen LogP contribution in [0, 0.1) is 6.92 Å². The van der Waals surface area contributed by atoms with Gasteiger partial charge in [-0.05, 0) is 58.3 Å². The van der Waals surface area contributed by atoms with Crippen molar-refractivity contribution >= 4 is 28.5 Å². The van der Waals surface area contributed by atoms with E-state index >= 15 is 0 Å². The van der Waals surface area contributed by atoms with E-state index in [0.717, 1.165) is 11.2 Å². The highest BCUT2D eigenvalue weighted by Gasteiger charge is 2.26. The zero-order valence-corrected chi connectivity index (χ0v) is 17.9. The maximum absolute atomic E-state index is 12.9. The predicted octanol–water partition coefficient (Wildman–Crippen LogP) is 3.84. The highest BCUT2D eigenvalue weighted by molar-refractivity contribution is 6.08. The van der Waals surface area contributed by atoms with E-state index in [0.29, 0.717) is 34.4 Å². The minimum atomic E-state index is -0.428. The van der Waals surface area contributed by atoms with Gasteiger partial charge in [0.05, 0.1) is 17.7 Å². The average Bonchev–Trinajstić information content (AvgIpc) is 2.96. The maximum Gasteiger partial charge on any atom is 0.340 e. The molecule has 0 atom stereocenters. The SMILES string of the molecule is CCOC(=O)c1c(C)n(-c2cccc(NC(C)=O)c2)c2ccc(O)c(CN(C)C)c12. The first kappa shape index (κ1) is 21.4. The average molecular weight is 409 g/mol. The molecule has 1 heterocycles. The van der Waals surface area contributed by atoms with Crippen LogP contribution in [0.1, 0.15) is 35.5 Å². The monoisotopic (exact) mass is 409 g/mol. The Morgan fingerprint density at radius 3 is 2.57 bits per heavy atom. The lowest BCUT2D eigenvalue weighted by Crippen LogP contribution is -2.12. The number of aromatic hydroxyl groups is 1. The quantitative estimate of drug-likeness (QED) is 0.605. The van der Waals surface area contributed by atoms with Crippen LogP contribution in [0.5, 0.6) is 5.75 Å². The number of carbonyl (C=O) groups excluding carboxylic acids is 2. The van der Waals surface area contributed by atoms with E-state index in [9.17, 15) is 14.7 Å². The lowest BCUT2D eigenvalue weighted by Gasteiger charge is -2.14. The molecule has 0 spiro atoms. The highest BCUT2D eigenvalue weighted by Crippen LogP contribution is 2.37. The lowest BCUT2D eigenvalue weighted by molar-refractivity contribution is -0.114. The van der Waals surface area contributed by atoms with Crippen molar-refractivity contribution in [2.75, 3.05) is 26.0 Å². The summed E-state index contributed by atoms with van der Waals surface area (Å²) in [7, 11) is 3.81. The molecule has 0 aliphatic carbocycles. The van der Waals surface area contributed by atoms with Gasteiger partial charge in [-0.15, -0.1) is 0 Å². The minimum Gasteiger partial charge on any atom is -0.508 e. The van der Waals surface area contributed by atoms with Crippen LogP contribution in [0.4, 0.5) is 5.69 Å². The van der Waals surface area contributed by atoms with Crippen LogP contribution in [0.25, 0.3) is 16.6 Å². The summed E-state index contributed by atoms with van der Waals surface area (Å²) in [5.74, 6) is -0.458. The summed E-state index contributed by atoms with van der Waals surface area (Å²) in [6, 6.07) is 10.8. The van der Waals surface area contributed by atoms with Crippen LogP contribution in [0.2, 0.25) is 0 Å². The van der Waals surface area contributed by atoms with Gasteiger partial charge in [-0.2, -0.15) is 0 Å². The summed E-state index contributed by atoms with van der Waals surface area (Å²) in [5, 5.41) is 14.0. The van der Waals surface area contributed by atoms with Crippen LogP contribution in [-0.4, -0.2) is 47.2 Å². The number of ether oxygens (including phenoxy) is 1. The van der Waals surface area contributed by atoms with E-state index in [1.807, 2.05) is 54.8 Å². The van der Waals surface area contributed by atoms with Crippen molar-refractivity contribution < 1.29 is 19.4 Å². The van der Waals surface area contributed by atoms with Gasteiger partial charge in [0.15, 0.2) is 0 Å². The van der Waals surface area contributed by atoms with E-state index in [-0.39, 0.29) is 18.3 Å². The zero-order valence-electron chi connectivity index (χ0n) is 17.9. The van der Waals surface area contributed by atoms with Gasteiger partial charge in [0.1, 0.15) is 5.75 Å². The molecule has 0 aliphatic heterocycles. The molecule has 2 aromatic carbocycles. The van der Waals surface area contributed by atoms with E-state index in [2.05, 4.69) is 5.32 Å². The minimum absolute atomic E-state index is 0.130. The van der Waals surface area contributed by atoms with E-state index in [4.69, 9.17) is 4.74 Å². The summed E-state index contributed by atoms with van der Waals surface area (Å²) in [6.45, 7) is 5.79. The Kier molecular flexibility index (Phi) is 6.12. The number of fused-ring (bicyclic) bond motifs is 1. The first-order valence-corrected chi connectivity index (χ1v) is 9.80. The first-order chi connectivity index (χ1) is 14.2. The molecular weight excluding hydrogens is 382 g/mol. The third kappa shape index (κ3) is 4.02. The topological polar surface area (TPSA) is 83.8 Å². The van der Waals surface area contributed by atoms with Gasteiger partial charge >= 0.3 is 5.97 Å². The Hall–Kier alpha value is -3.32. The number of nitrogens with zero attached hydrogens (tertiary/aromatic N) is 2. The molecule has 0 radical (unpaired) electrons. The molecule has 3 rings (SSSR count). The number of phenolic OH excluding ortho intramolecular Hbond substituents is 1. The Morgan fingerprint density at radius 1 is 1.20 bits per heavy atom. The molecule has 1 aromatic heterocycles. The van der Waals surface area contributed by atoms with Gasteiger partial charge in [-0.3, -0.25) is 4.79 Å². The normalized spacial score (nSPS) is 11.1. The van der Waals surface area contributed by atoms with Gasteiger partial charge < -0.3 is 24.6 Å². The fraction of sp³-hybridized carbons (Fsp3) is 0.304. The van der Waals surface area contributed by atoms with E-state index in [1.54, 1.807) is 19.1 Å². The van der Waals surface area contributed by atoms with E-state index < -0.39 is 5.97 Å². The van der Waals surface area contributed by atoms with Crippen molar-refractivity contribution in [1.29, 1.82) is 0 Å². The molecule has 0 aliphatic rings. The standard InChI is InChI=1S/C23H27N3O4/c1-6-30-23(29)21-14(2)26(17-9-7-8-16(12-17)24-15(3)27)19-10-11-20(28)18(22(19)21)13-25(4)5/h7-12,28H,6,13H2,1-5H3,(H,24,27). The number of nitrogens with one attached hydrogen (secondary N) is 1. The van der Waals surface area contributed by atoms with Gasteiger partial charge in [-0.25, -0.2) is 4.79 Å². The molecule has 0 saturated carbocycles. The largest absolute Gasteiger partial charge is 0.508 e. The Labute approximate surface area is 175 Å². The molecule has 0 saturated heterocycles. The van der Waals surface area contributed by atoms with Crippen molar-refractivity contribution in [3.8, 4) is 11.4 Å². The second-order valence-corrected chi connectivity index (χ2v) is 7.44. The molecule has 0 unspecified atom stereocenters. The molecule has 3 aromatic rings. The van der Waals surface area contributed by atoms with Crippen LogP contribution < -0.4 is 5.32 Å². The van der Waals surface area contributed by atoms with Gasteiger partial charge in [0.2, 0.25) is 5.91 Å². The second-order valence-electron chi connectivity index (χ2n) is 7.44. The van der Waals surface area contributed by atoms with Crippen LogP contribution in [0.3, 0.4) is 0 Å². The molecule has 7 nitrogen and oxygen atoms in total. The maximum atomic E-state index is 12.9.